The first-order valence-electron chi connectivity index (χ1n) is 8.87. The molecule has 0 aliphatic carbocycles. The molecule has 2 amide bonds. The Kier molecular flexibility index (Phi) is 4.89. The molecule has 0 saturated carbocycles. The summed E-state index contributed by atoms with van der Waals surface area (Å²) < 4.78 is 18.4. The molecule has 7 nitrogen and oxygen atoms in total. The monoisotopic (exact) mass is 417 g/mol. The van der Waals surface area contributed by atoms with Crippen molar-refractivity contribution in [1.29, 1.82) is 0 Å². The molecule has 1 atom stereocenters. The van der Waals surface area contributed by atoms with E-state index in [9.17, 15) is 19.1 Å². The quantitative estimate of drug-likeness (QED) is 0.567. The van der Waals surface area contributed by atoms with E-state index in [2.05, 4.69) is 10.3 Å². The lowest BCUT2D eigenvalue weighted by Gasteiger charge is -2.22. The summed E-state index contributed by atoms with van der Waals surface area (Å²) >= 11 is 5.77. The van der Waals surface area contributed by atoms with Gasteiger partial charge in [-0.2, -0.15) is 0 Å². The van der Waals surface area contributed by atoms with Crippen LogP contribution in [0.3, 0.4) is 0 Å². The molecule has 1 aromatic heterocycles. The number of halogens is 2. The summed E-state index contributed by atoms with van der Waals surface area (Å²) in [5.74, 6) is -3.53. The molecule has 0 unspecified atom stereocenters. The van der Waals surface area contributed by atoms with Gasteiger partial charge in [-0.05, 0) is 48.0 Å². The molecule has 0 spiro atoms. The summed E-state index contributed by atoms with van der Waals surface area (Å²) in [6.45, 7) is 0.118. The second-order valence-electron chi connectivity index (χ2n) is 6.76. The lowest BCUT2D eigenvalue weighted by molar-refractivity contribution is -0.175. The maximum atomic E-state index is 13.4. The van der Waals surface area contributed by atoms with E-state index in [0.29, 0.717) is 11.3 Å². The Hall–Kier alpha value is -3.10. The standard InChI is InChI=1S/C20H17ClFN3O4/c21-14-7-12(8-15(22)10-14)11-24-19(27)29-20(28)4-6-25(18(20)26)16-1-2-17-13(9-16)3-5-23-17/h1-3,5,7-10,23,28H,4,6,11H2,(H,24,27)/t20-/m1/s1. The molecular formula is C20H17ClFN3O4. The average Bonchev–Trinajstić information content (AvgIpc) is 3.24. The SMILES string of the molecule is O=C(NCc1cc(F)cc(Cl)c1)O[C@]1(O)CCN(c2ccc3[nH]ccc3c2)C1=O. The van der Waals surface area contributed by atoms with Gasteiger partial charge in [0, 0.05) is 47.3 Å². The highest BCUT2D eigenvalue weighted by Crippen LogP contribution is 2.31. The van der Waals surface area contributed by atoms with Crippen LogP contribution in [0.5, 0.6) is 0 Å². The van der Waals surface area contributed by atoms with Crippen LogP contribution in [-0.4, -0.2) is 34.4 Å². The maximum absolute atomic E-state index is 13.4. The molecule has 9 heteroatoms. The number of aromatic nitrogens is 1. The van der Waals surface area contributed by atoms with Crippen LogP contribution in [0.1, 0.15) is 12.0 Å². The van der Waals surface area contributed by atoms with Crippen molar-refractivity contribution in [1.82, 2.24) is 10.3 Å². The van der Waals surface area contributed by atoms with Gasteiger partial charge < -0.3 is 25.0 Å². The number of nitrogens with one attached hydrogen (secondary N) is 2. The Morgan fingerprint density at radius 3 is 2.93 bits per heavy atom. The molecule has 4 rings (SSSR count). The summed E-state index contributed by atoms with van der Waals surface area (Å²) in [6.07, 6.45) is 0.718. The van der Waals surface area contributed by atoms with Gasteiger partial charge >= 0.3 is 6.09 Å². The van der Waals surface area contributed by atoms with Crippen molar-refractivity contribution in [2.75, 3.05) is 11.4 Å². The largest absolute Gasteiger partial charge is 0.410 e. The number of hydrogen-bond donors (Lipinski definition) is 3. The molecule has 1 aliphatic heterocycles. The van der Waals surface area contributed by atoms with Crippen LogP contribution in [0.2, 0.25) is 5.02 Å². The van der Waals surface area contributed by atoms with Crippen LogP contribution >= 0.6 is 11.6 Å². The Bertz CT molecular complexity index is 1080. The topological polar surface area (TPSA) is 94.7 Å². The predicted molar refractivity (Wildman–Crippen MR) is 105 cm³/mol. The fourth-order valence-corrected chi connectivity index (χ4v) is 3.55. The van der Waals surface area contributed by atoms with Gasteiger partial charge in [0.15, 0.2) is 0 Å². The Balaban J connectivity index is 1.41. The number of fused-ring (bicyclic) bond motifs is 1. The Morgan fingerprint density at radius 2 is 2.14 bits per heavy atom. The smallest absolute Gasteiger partial charge is 0.407 e. The molecule has 1 saturated heterocycles. The van der Waals surface area contributed by atoms with Crippen molar-refractivity contribution < 1.29 is 23.8 Å². The number of ether oxygens (including phenoxy) is 1. The average molecular weight is 418 g/mol. The summed E-state index contributed by atoms with van der Waals surface area (Å²) in [5.41, 5.74) is 1.93. The molecule has 150 valence electrons. The number of H-pyrrole nitrogens is 1. The lowest BCUT2D eigenvalue weighted by atomic mass is 10.2. The maximum Gasteiger partial charge on any atom is 0.410 e. The fraction of sp³-hybridized carbons (Fsp3) is 0.200. The number of hydrogen-bond acceptors (Lipinski definition) is 4. The molecule has 0 radical (unpaired) electrons. The third kappa shape index (κ3) is 3.90. The number of alkyl carbamates (subject to hydrolysis) is 1. The molecule has 3 aromatic rings. The number of benzene rings is 2. The first-order chi connectivity index (χ1) is 13.8. The normalized spacial score (nSPS) is 19.0. The van der Waals surface area contributed by atoms with E-state index in [0.717, 1.165) is 17.0 Å². The fourth-order valence-electron chi connectivity index (χ4n) is 3.31. The zero-order chi connectivity index (χ0) is 20.6. The highest BCUT2D eigenvalue weighted by Gasteiger charge is 2.49. The summed E-state index contributed by atoms with van der Waals surface area (Å²) in [6, 6.07) is 11.1. The third-order valence-corrected chi connectivity index (χ3v) is 4.94. The molecule has 1 fully saturated rings. The van der Waals surface area contributed by atoms with E-state index in [1.54, 1.807) is 12.3 Å². The third-order valence-electron chi connectivity index (χ3n) is 4.72. The minimum atomic E-state index is -2.27. The number of nitrogens with zero attached hydrogens (tertiary/aromatic N) is 1. The van der Waals surface area contributed by atoms with Crippen molar-refractivity contribution in [3.8, 4) is 0 Å². The first-order valence-corrected chi connectivity index (χ1v) is 9.25. The zero-order valence-electron chi connectivity index (χ0n) is 15.1. The van der Waals surface area contributed by atoms with Gasteiger partial charge in [0.2, 0.25) is 0 Å². The van der Waals surface area contributed by atoms with Crippen molar-refractivity contribution >= 4 is 40.2 Å². The van der Waals surface area contributed by atoms with E-state index in [-0.39, 0.29) is 24.5 Å². The van der Waals surface area contributed by atoms with E-state index in [4.69, 9.17) is 16.3 Å². The predicted octanol–water partition coefficient (Wildman–Crippen LogP) is 3.31. The number of carbonyl (C=O) groups is 2. The van der Waals surface area contributed by atoms with E-state index >= 15 is 0 Å². The second-order valence-corrected chi connectivity index (χ2v) is 7.20. The molecule has 1 aliphatic rings. The van der Waals surface area contributed by atoms with Gasteiger partial charge in [-0.15, -0.1) is 0 Å². The van der Waals surface area contributed by atoms with Crippen molar-refractivity contribution in [3.63, 3.8) is 0 Å². The van der Waals surface area contributed by atoms with E-state index in [1.807, 2.05) is 18.2 Å². The van der Waals surface area contributed by atoms with Crippen LogP contribution in [0.15, 0.2) is 48.7 Å². The van der Waals surface area contributed by atoms with Gasteiger partial charge in [0.05, 0.1) is 0 Å². The van der Waals surface area contributed by atoms with Gasteiger partial charge in [-0.1, -0.05) is 11.6 Å². The van der Waals surface area contributed by atoms with Gasteiger partial charge in [-0.25, -0.2) is 9.18 Å². The number of amides is 2. The number of anilines is 1. The van der Waals surface area contributed by atoms with Crippen molar-refractivity contribution in [2.24, 2.45) is 0 Å². The van der Waals surface area contributed by atoms with Gasteiger partial charge in [0.25, 0.3) is 11.7 Å². The lowest BCUT2D eigenvalue weighted by Crippen LogP contribution is -2.46. The van der Waals surface area contributed by atoms with Crippen LogP contribution in [0.4, 0.5) is 14.9 Å². The van der Waals surface area contributed by atoms with Crippen LogP contribution in [0, 0.1) is 5.82 Å². The zero-order valence-corrected chi connectivity index (χ0v) is 15.9. The summed E-state index contributed by atoms with van der Waals surface area (Å²) in [7, 11) is 0. The van der Waals surface area contributed by atoms with Crippen molar-refractivity contribution in [2.45, 2.75) is 18.8 Å². The molecule has 3 N–H and O–H groups in total. The van der Waals surface area contributed by atoms with Crippen LogP contribution in [-0.2, 0) is 16.1 Å². The van der Waals surface area contributed by atoms with Crippen LogP contribution in [0.25, 0.3) is 10.9 Å². The van der Waals surface area contributed by atoms with Crippen LogP contribution < -0.4 is 10.2 Å². The second kappa shape index (κ2) is 7.38. The number of aliphatic hydroxyl groups is 1. The minimum absolute atomic E-state index is 0.0732. The highest BCUT2D eigenvalue weighted by molar-refractivity contribution is 6.30. The number of rotatable bonds is 4. The molecule has 2 heterocycles. The summed E-state index contributed by atoms with van der Waals surface area (Å²) in [4.78, 5) is 29.2. The Morgan fingerprint density at radius 1 is 1.31 bits per heavy atom. The minimum Gasteiger partial charge on any atom is -0.407 e. The first kappa shape index (κ1) is 19.2. The summed E-state index contributed by atoms with van der Waals surface area (Å²) in [5, 5.41) is 14.0. The molecule has 2 aromatic carbocycles. The molecule has 29 heavy (non-hydrogen) atoms. The van der Waals surface area contributed by atoms with Gasteiger partial charge in [-0.3, -0.25) is 4.79 Å². The van der Waals surface area contributed by atoms with Gasteiger partial charge in [0.1, 0.15) is 5.82 Å². The molecule has 0 bridgehead atoms. The molecular weight excluding hydrogens is 401 g/mol. The Labute approximate surface area is 170 Å². The number of carbonyl (C=O) groups excluding carboxylic acids is 2. The number of aromatic amines is 1. The van der Waals surface area contributed by atoms with E-state index in [1.165, 1.54) is 17.0 Å². The van der Waals surface area contributed by atoms with E-state index < -0.39 is 23.6 Å². The van der Waals surface area contributed by atoms with Crippen molar-refractivity contribution in [3.05, 3.63) is 65.1 Å². The highest BCUT2D eigenvalue weighted by atomic mass is 35.5.